The van der Waals surface area contributed by atoms with Crippen molar-refractivity contribution < 1.29 is 9.53 Å². The van der Waals surface area contributed by atoms with E-state index in [-0.39, 0.29) is 12.0 Å². The van der Waals surface area contributed by atoms with Gasteiger partial charge < -0.3 is 4.74 Å². The van der Waals surface area contributed by atoms with Gasteiger partial charge in [-0.15, -0.1) is 0 Å². The molecular formula is C18H19NO2S2. The molecule has 2 heterocycles. The lowest BCUT2D eigenvalue weighted by Crippen LogP contribution is -2.36. The second kappa shape index (κ2) is 5.95. The van der Waals surface area contributed by atoms with Gasteiger partial charge in [-0.3, -0.25) is 9.69 Å². The summed E-state index contributed by atoms with van der Waals surface area (Å²) in [4.78, 5) is 15.3. The first-order chi connectivity index (χ1) is 11.1. The van der Waals surface area contributed by atoms with E-state index in [9.17, 15) is 4.79 Å². The first kappa shape index (κ1) is 15.2. The lowest BCUT2D eigenvalue weighted by atomic mass is 10.1. The maximum Gasteiger partial charge on any atom is 0.266 e. The molecule has 3 aliphatic rings. The van der Waals surface area contributed by atoms with Crippen molar-refractivity contribution in [2.75, 3.05) is 0 Å². The Morgan fingerprint density at radius 2 is 2.13 bits per heavy atom. The van der Waals surface area contributed by atoms with Crippen LogP contribution in [0, 0.1) is 0 Å². The zero-order valence-electron chi connectivity index (χ0n) is 13.1. The second-order valence-electron chi connectivity index (χ2n) is 6.49. The van der Waals surface area contributed by atoms with Gasteiger partial charge in [0, 0.05) is 12.5 Å². The van der Waals surface area contributed by atoms with Gasteiger partial charge >= 0.3 is 0 Å². The summed E-state index contributed by atoms with van der Waals surface area (Å²) < 4.78 is 6.45. The van der Waals surface area contributed by atoms with Gasteiger partial charge in [0.2, 0.25) is 0 Å². The van der Waals surface area contributed by atoms with Gasteiger partial charge in [0.25, 0.3) is 5.91 Å². The Kier molecular flexibility index (Phi) is 3.93. The van der Waals surface area contributed by atoms with Gasteiger partial charge in [-0.2, -0.15) is 0 Å². The van der Waals surface area contributed by atoms with Crippen LogP contribution in [-0.2, 0) is 11.2 Å². The molecule has 1 aliphatic carbocycles. The van der Waals surface area contributed by atoms with Crippen LogP contribution < -0.4 is 4.74 Å². The van der Waals surface area contributed by atoms with E-state index in [1.54, 1.807) is 0 Å². The van der Waals surface area contributed by atoms with Crippen LogP contribution in [0.2, 0.25) is 0 Å². The number of hydrogen-bond donors (Lipinski definition) is 0. The van der Waals surface area contributed by atoms with Gasteiger partial charge in [-0.05, 0) is 49.1 Å². The van der Waals surface area contributed by atoms with Crippen molar-refractivity contribution >= 4 is 40.3 Å². The predicted octanol–water partition coefficient (Wildman–Crippen LogP) is 4.15. The van der Waals surface area contributed by atoms with E-state index >= 15 is 0 Å². The Bertz CT molecular complexity index is 707. The number of carbonyl (C=O) groups is 1. The highest BCUT2D eigenvalue weighted by Crippen LogP contribution is 2.38. The minimum absolute atomic E-state index is 0.0806. The summed E-state index contributed by atoms with van der Waals surface area (Å²) in [5.74, 6) is 1.05. The van der Waals surface area contributed by atoms with Crippen LogP contribution in [0.25, 0.3) is 6.08 Å². The number of hydrogen-bond acceptors (Lipinski definition) is 4. The average molecular weight is 345 g/mol. The molecule has 3 nitrogen and oxygen atoms in total. The van der Waals surface area contributed by atoms with Crippen LogP contribution in [0.3, 0.4) is 0 Å². The zero-order valence-corrected chi connectivity index (χ0v) is 14.7. The predicted molar refractivity (Wildman–Crippen MR) is 97.5 cm³/mol. The van der Waals surface area contributed by atoms with Crippen LogP contribution >= 0.6 is 24.0 Å². The van der Waals surface area contributed by atoms with E-state index in [1.807, 2.05) is 23.1 Å². The summed E-state index contributed by atoms with van der Waals surface area (Å²) in [6.07, 6.45) is 7.69. The van der Waals surface area contributed by atoms with Crippen molar-refractivity contribution in [3.8, 4) is 5.75 Å². The molecule has 1 aromatic rings. The number of thiocarbonyl (C=S) groups is 1. The molecule has 23 heavy (non-hydrogen) atoms. The molecule has 0 spiro atoms. The fourth-order valence-electron chi connectivity index (χ4n) is 3.64. The molecule has 120 valence electrons. The van der Waals surface area contributed by atoms with Crippen LogP contribution in [-0.4, -0.2) is 27.3 Å². The zero-order chi connectivity index (χ0) is 16.0. The quantitative estimate of drug-likeness (QED) is 0.595. The molecule has 1 atom stereocenters. The number of benzene rings is 1. The van der Waals surface area contributed by atoms with Crippen molar-refractivity contribution in [3.63, 3.8) is 0 Å². The number of thioether (sulfide) groups is 1. The third-order valence-corrected chi connectivity index (χ3v) is 6.06. The number of ether oxygens (including phenoxy) is 1. The van der Waals surface area contributed by atoms with E-state index in [0.29, 0.717) is 10.4 Å². The fraction of sp³-hybridized carbons (Fsp3) is 0.444. The summed E-state index contributed by atoms with van der Waals surface area (Å²) in [5, 5.41) is 0. The number of carbonyl (C=O) groups excluding carboxylic acids is 1. The minimum Gasteiger partial charge on any atom is -0.490 e. The van der Waals surface area contributed by atoms with Crippen molar-refractivity contribution in [2.45, 2.75) is 51.2 Å². The van der Waals surface area contributed by atoms with Crippen LogP contribution in [0.1, 0.15) is 43.7 Å². The first-order valence-electron chi connectivity index (χ1n) is 8.18. The molecule has 0 bridgehead atoms. The smallest absolute Gasteiger partial charge is 0.266 e. The normalized spacial score (nSPS) is 26.2. The highest BCUT2D eigenvalue weighted by atomic mass is 32.2. The van der Waals surface area contributed by atoms with Crippen LogP contribution in [0.5, 0.6) is 5.75 Å². The molecule has 4 rings (SSSR count). The van der Waals surface area contributed by atoms with Gasteiger partial charge in [0.05, 0.1) is 4.91 Å². The van der Waals surface area contributed by atoms with Gasteiger partial charge in [-0.1, -0.05) is 42.9 Å². The van der Waals surface area contributed by atoms with E-state index < -0.39 is 0 Å². The topological polar surface area (TPSA) is 29.5 Å². The highest BCUT2D eigenvalue weighted by molar-refractivity contribution is 8.26. The van der Waals surface area contributed by atoms with Crippen molar-refractivity contribution in [3.05, 3.63) is 34.2 Å². The summed E-state index contributed by atoms with van der Waals surface area (Å²) in [5.41, 5.74) is 2.27. The molecule has 2 aliphatic heterocycles. The summed E-state index contributed by atoms with van der Waals surface area (Å²) >= 11 is 6.88. The molecule has 1 saturated carbocycles. The Hall–Kier alpha value is -1.33. The SMILES string of the molecule is C[C@@H]1Cc2cc(/C=C3/SC(=S)N(C4CCCC4)C3=O)ccc2O1. The molecule has 0 N–H and O–H groups in total. The van der Waals surface area contributed by atoms with Crippen molar-refractivity contribution in [1.82, 2.24) is 4.90 Å². The van der Waals surface area contributed by atoms with Gasteiger partial charge in [0.1, 0.15) is 16.2 Å². The van der Waals surface area contributed by atoms with E-state index in [0.717, 1.165) is 35.5 Å². The van der Waals surface area contributed by atoms with Crippen LogP contribution in [0.4, 0.5) is 0 Å². The standard InChI is InChI=1S/C18H19NO2S2/c1-11-8-13-9-12(6-7-15(13)21-11)10-16-17(20)19(18(22)23-16)14-4-2-3-5-14/h6-7,9-11,14H,2-5,8H2,1H3/b16-10+/t11-/m1/s1. The largest absolute Gasteiger partial charge is 0.490 e. The summed E-state index contributed by atoms with van der Waals surface area (Å²) in [7, 11) is 0. The van der Waals surface area contributed by atoms with Crippen molar-refractivity contribution in [1.29, 1.82) is 0 Å². The number of nitrogens with zero attached hydrogens (tertiary/aromatic N) is 1. The molecule has 5 heteroatoms. The Labute approximate surface area is 146 Å². The molecule has 1 aromatic carbocycles. The van der Waals surface area contributed by atoms with E-state index in [4.69, 9.17) is 17.0 Å². The number of fused-ring (bicyclic) bond motifs is 1. The molecule has 1 saturated heterocycles. The first-order valence-corrected chi connectivity index (χ1v) is 9.41. The summed E-state index contributed by atoms with van der Waals surface area (Å²) in [6, 6.07) is 6.45. The highest BCUT2D eigenvalue weighted by Gasteiger charge is 2.38. The number of rotatable bonds is 2. The second-order valence-corrected chi connectivity index (χ2v) is 8.17. The monoisotopic (exact) mass is 345 g/mol. The lowest BCUT2D eigenvalue weighted by Gasteiger charge is -2.21. The molecular weight excluding hydrogens is 326 g/mol. The molecule has 1 amide bonds. The third-order valence-electron chi connectivity index (χ3n) is 4.73. The minimum atomic E-state index is 0.0806. The van der Waals surface area contributed by atoms with E-state index in [1.165, 1.54) is 30.2 Å². The fourth-order valence-corrected chi connectivity index (χ4v) is 5.04. The van der Waals surface area contributed by atoms with Crippen LogP contribution in [0.15, 0.2) is 23.1 Å². The molecule has 2 fully saturated rings. The van der Waals surface area contributed by atoms with Crippen molar-refractivity contribution in [2.24, 2.45) is 0 Å². The Morgan fingerprint density at radius 3 is 2.91 bits per heavy atom. The lowest BCUT2D eigenvalue weighted by molar-refractivity contribution is -0.123. The Morgan fingerprint density at radius 1 is 1.35 bits per heavy atom. The van der Waals surface area contributed by atoms with Gasteiger partial charge in [0.15, 0.2) is 0 Å². The van der Waals surface area contributed by atoms with Gasteiger partial charge in [-0.25, -0.2) is 0 Å². The third kappa shape index (κ3) is 2.81. The maximum atomic E-state index is 12.7. The number of amides is 1. The maximum absolute atomic E-state index is 12.7. The molecule has 0 unspecified atom stereocenters. The average Bonchev–Trinajstić information content (AvgIpc) is 3.19. The molecule has 0 radical (unpaired) electrons. The van der Waals surface area contributed by atoms with E-state index in [2.05, 4.69) is 13.0 Å². The Balaban J connectivity index is 1.58. The molecule has 0 aromatic heterocycles. The summed E-state index contributed by atoms with van der Waals surface area (Å²) in [6.45, 7) is 2.08.